The van der Waals surface area contributed by atoms with Crippen molar-refractivity contribution >= 4 is 25.4 Å². The minimum atomic E-state index is -0.261. The molecular formula is C18H24O2Se. The van der Waals surface area contributed by atoms with E-state index in [1.807, 2.05) is 6.07 Å². The molecule has 2 nitrogen and oxygen atoms in total. The molecule has 1 aliphatic heterocycles. The van der Waals surface area contributed by atoms with Crippen LogP contribution in [0.5, 0.6) is 0 Å². The second-order valence-corrected chi connectivity index (χ2v) is 9.31. The Morgan fingerprint density at radius 1 is 1.19 bits per heavy atom. The van der Waals surface area contributed by atoms with Crippen LogP contribution in [0.3, 0.4) is 0 Å². The van der Waals surface area contributed by atoms with E-state index in [2.05, 4.69) is 38.1 Å². The van der Waals surface area contributed by atoms with Crippen LogP contribution in [0.1, 0.15) is 52.4 Å². The normalized spacial score (nSPS) is 33.3. The molecule has 1 aromatic carbocycles. The van der Waals surface area contributed by atoms with E-state index in [4.69, 9.17) is 4.74 Å². The van der Waals surface area contributed by atoms with Gasteiger partial charge in [0.25, 0.3) is 0 Å². The topological polar surface area (TPSA) is 26.3 Å². The monoisotopic (exact) mass is 352 g/mol. The van der Waals surface area contributed by atoms with E-state index in [0.29, 0.717) is 5.92 Å². The Labute approximate surface area is 133 Å². The fourth-order valence-electron chi connectivity index (χ4n) is 3.98. The molecule has 3 heteroatoms. The van der Waals surface area contributed by atoms with E-state index in [0.717, 1.165) is 6.42 Å². The number of hydrogen-bond donors (Lipinski definition) is 0. The van der Waals surface area contributed by atoms with Gasteiger partial charge in [0, 0.05) is 0 Å². The van der Waals surface area contributed by atoms with Gasteiger partial charge in [0.2, 0.25) is 0 Å². The first-order chi connectivity index (χ1) is 10.1. The molecule has 114 valence electrons. The van der Waals surface area contributed by atoms with Gasteiger partial charge in [0.15, 0.2) is 0 Å². The van der Waals surface area contributed by atoms with Crippen LogP contribution in [0.15, 0.2) is 30.3 Å². The molecule has 0 unspecified atom stereocenters. The van der Waals surface area contributed by atoms with Crippen molar-refractivity contribution in [3.05, 3.63) is 30.3 Å². The van der Waals surface area contributed by atoms with Crippen molar-refractivity contribution in [1.29, 1.82) is 0 Å². The minimum absolute atomic E-state index is 0.0435. The molecule has 2 fully saturated rings. The van der Waals surface area contributed by atoms with Gasteiger partial charge in [-0.3, -0.25) is 0 Å². The van der Waals surface area contributed by atoms with Crippen LogP contribution in [0.4, 0.5) is 0 Å². The van der Waals surface area contributed by atoms with E-state index in [1.165, 1.54) is 36.6 Å². The van der Waals surface area contributed by atoms with Gasteiger partial charge in [0.1, 0.15) is 0 Å². The summed E-state index contributed by atoms with van der Waals surface area (Å²) in [7, 11) is 0. The fourth-order valence-corrected chi connectivity index (χ4v) is 6.87. The second-order valence-electron chi connectivity index (χ2n) is 6.43. The number of hydrogen-bond acceptors (Lipinski definition) is 2. The summed E-state index contributed by atoms with van der Waals surface area (Å²) in [5.74, 6) is 0.594. The Kier molecular flexibility index (Phi) is 4.16. The van der Waals surface area contributed by atoms with E-state index in [9.17, 15) is 4.79 Å². The van der Waals surface area contributed by atoms with Gasteiger partial charge in [0.05, 0.1) is 0 Å². The van der Waals surface area contributed by atoms with Crippen molar-refractivity contribution in [1.82, 2.24) is 0 Å². The molecule has 21 heavy (non-hydrogen) atoms. The summed E-state index contributed by atoms with van der Waals surface area (Å²) in [6.07, 6.45) is 7.25. The molecule has 0 N–H and O–H groups in total. The average molecular weight is 351 g/mol. The maximum absolute atomic E-state index is 12.4. The molecule has 3 rings (SSSR count). The molecular weight excluding hydrogens is 327 g/mol. The number of cyclic esters (lactones) is 1. The van der Waals surface area contributed by atoms with Crippen LogP contribution in [-0.4, -0.2) is 26.5 Å². The summed E-state index contributed by atoms with van der Waals surface area (Å²) in [5.41, 5.74) is -0.241. The molecule has 1 heterocycles. The molecule has 0 aromatic heterocycles. The van der Waals surface area contributed by atoms with Crippen LogP contribution in [0.25, 0.3) is 0 Å². The number of rotatable bonds is 4. The molecule has 2 aliphatic rings. The van der Waals surface area contributed by atoms with Gasteiger partial charge in [-0.15, -0.1) is 0 Å². The van der Waals surface area contributed by atoms with Crippen molar-refractivity contribution in [3.63, 3.8) is 0 Å². The van der Waals surface area contributed by atoms with Crippen molar-refractivity contribution in [2.45, 2.75) is 62.3 Å². The Bertz CT molecular complexity index is 509. The number of carbonyl (C=O) groups is 1. The van der Waals surface area contributed by atoms with Crippen molar-refractivity contribution in [2.75, 3.05) is 0 Å². The molecule has 0 radical (unpaired) electrons. The fraction of sp³-hybridized carbons (Fsp3) is 0.611. The Hall–Kier alpha value is -0.791. The summed E-state index contributed by atoms with van der Waals surface area (Å²) in [6, 6.07) is 10.5. The van der Waals surface area contributed by atoms with E-state index in [-0.39, 0.29) is 30.8 Å². The quantitative estimate of drug-likeness (QED) is 0.613. The summed E-state index contributed by atoms with van der Waals surface area (Å²) < 4.78 is 6.87. The first-order valence-corrected chi connectivity index (χ1v) is 9.81. The third-order valence-electron chi connectivity index (χ3n) is 5.35. The first-order valence-electron chi connectivity index (χ1n) is 8.10. The Morgan fingerprint density at radius 2 is 1.86 bits per heavy atom. The van der Waals surface area contributed by atoms with Crippen molar-refractivity contribution in [2.24, 2.45) is 5.92 Å². The molecule has 2 atom stereocenters. The summed E-state index contributed by atoms with van der Waals surface area (Å²) in [4.78, 5) is 12.4. The van der Waals surface area contributed by atoms with Crippen LogP contribution in [0, 0.1) is 5.92 Å². The summed E-state index contributed by atoms with van der Waals surface area (Å²) in [6.45, 7) is 4.37. The maximum atomic E-state index is 12.4. The third-order valence-corrected chi connectivity index (χ3v) is 8.96. The van der Waals surface area contributed by atoms with E-state index >= 15 is 0 Å². The Balaban J connectivity index is 1.88. The molecule has 1 aromatic rings. The number of carbonyl (C=O) groups excluding carboxylic acids is 1. The van der Waals surface area contributed by atoms with Gasteiger partial charge >= 0.3 is 133 Å². The van der Waals surface area contributed by atoms with Crippen LogP contribution in [-0.2, 0) is 9.53 Å². The standard InChI is InChI=1S/C18H24O2Se/c1-3-18(21-15-12-8-5-9-13-15)16(19)20-17(18,2)14-10-6-4-7-11-14/h5,8-9,12-14H,3-4,6-7,10-11H2,1-2H3/t17-,18-/m0/s1. The van der Waals surface area contributed by atoms with Crippen LogP contribution >= 0.6 is 0 Å². The predicted molar refractivity (Wildman–Crippen MR) is 85.9 cm³/mol. The van der Waals surface area contributed by atoms with Gasteiger partial charge in [-0.1, -0.05) is 0 Å². The van der Waals surface area contributed by atoms with Gasteiger partial charge in [-0.25, -0.2) is 0 Å². The van der Waals surface area contributed by atoms with Gasteiger partial charge in [-0.05, 0) is 0 Å². The predicted octanol–water partition coefficient (Wildman–Crippen LogP) is 3.48. The van der Waals surface area contributed by atoms with E-state index in [1.54, 1.807) is 0 Å². The number of esters is 1. The zero-order chi connectivity index (χ0) is 14.9. The van der Waals surface area contributed by atoms with Gasteiger partial charge in [-0.2, -0.15) is 0 Å². The molecule has 1 saturated heterocycles. The number of ether oxygens (including phenoxy) is 1. The number of benzene rings is 1. The zero-order valence-corrected chi connectivity index (χ0v) is 14.6. The van der Waals surface area contributed by atoms with Crippen LogP contribution in [0.2, 0.25) is 4.31 Å². The second kappa shape index (κ2) is 5.78. The summed E-state index contributed by atoms with van der Waals surface area (Å²) in [5, 5.41) is 0. The summed E-state index contributed by atoms with van der Waals surface area (Å²) >= 11 is 0.143. The third kappa shape index (κ3) is 2.35. The average Bonchev–Trinajstić information content (AvgIpc) is 2.54. The first kappa shape index (κ1) is 15.1. The Morgan fingerprint density at radius 3 is 2.43 bits per heavy atom. The van der Waals surface area contributed by atoms with Gasteiger partial charge < -0.3 is 0 Å². The van der Waals surface area contributed by atoms with Crippen molar-refractivity contribution < 1.29 is 9.53 Å². The molecule has 0 amide bonds. The molecule has 1 aliphatic carbocycles. The van der Waals surface area contributed by atoms with Crippen molar-refractivity contribution in [3.8, 4) is 0 Å². The molecule has 0 bridgehead atoms. The molecule has 0 spiro atoms. The molecule has 1 saturated carbocycles. The van der Waals surface area contributed by atoms with E-state index < -0.39 is 0 Å². The zero-order valence-electron chi connectivity index (χ0n) is 12.9. The SMILES string of the molecule is CC[C@]1([Se]c2ccccc2)C(=O)O[C@@]1(C)C1CCCCC1. The van der Waals surface area contributed by atoms with Crippen LogP contribution < -0.4 is 4.46 Å².